The van der Waals surface area contributed by atoms with Crippen molar-refractivity contribution in [3.05, 3.63) is 27.5 Å². The molecule has 3 N–H and O–H groups in total. The molecule has 0 amide bonds. The van der Waals surface area contributed by atoms with E-state index in [1.807, 2.05) is 0 Å². The highest BCUT2D eigenvalue weighted by Gasteiger charge is 2.12. The lowest BCUT2D eigenvalue weighted by atomic mass is 10.2. The van der Waals surface area contributed by atoms with E-state index in [0.29, 0.717) is 12.2 Å². The Labute approximate surface area is 84.3 Å². The van der Waals surface area contributed by atoms with Crippen molar-refractivity contribution in [1.29, 1.82) is 0 Å². The van der Waals surface area contributed by atoms with Crippen LogP contribution < -0.4 is 10.8 Å². The van der Waals surface area contributed by atoms with Gasteiger partial charge in [0.15, 0.2) is 0 Å². The quantitative estimate of drug-likeness (QED) is 0.730. The maximum atomic E-state index is 10.6. The maximum Gasteiger partial charge on any atom is 0.118 e. The molecule has 0 aliphatic heterocycles. The van der Waals surface area contributed by atoms with E-state index < -0.39 is 5.97 Å². The van der Waals surface area contributed by atoms with Gasteiger partial charge in [0.1, 0.15) is 12.2 Å². The predicted molar refractivity (Wildman–Crippen MR) is 45.2 cm³/mol. The molecule has 0 radical (unpaired) electrons. The van der Waals surface area contributed by atoms with E-state index >= 15 is 0 Å². The highest BCUT2D eigenvalue weighted by molar-refractivity contribution is 6.39. The highest BCUT2D eigenvalue weighted by Crippen LogP contribution is 2.25. The number of aromatic carboxylic acids is 1. The smallest absolute Gasteiger partial charge is 0.118 e. The molecule has 1 heterocycles. The first kappa shape index (κ1) is 10.2. The molecule has 1 rings (SSSR count). The number of quaternary nitrogens is 1. The van der Waals surface area contributed by atoms with Crippen LogP contribution in [0.5, 0.6) is 0 Å². The molecule has 1 aromatic heterocycles. The molecule has 0 atom stereocenters. The van der Waals surface area contributed by atoms with E-state index in [9.17, 15) is 9.90 Å². The van der Waals surface area contributed by atoms with Crippen LogP contribution in [0.1, 0.15) is 16.1 Å². The Balaban J connectivity index is 3.38. The van der Waals surface area contributed by atoms with Gasteiger partial charge >= 0.3 is 0 Å². The number of nitrogens with zero attached hydrogens (tertiary/aromatic N) is 1. The second-order valence-electron chi connectivity index (χ2n) is 2.28. The first-order chi connectivity index (χ1) is 6.07. The van der Waals surface area contributed by atoms with Gasteiger partial charge in [-0.2, -0.15) is 0 Å². The molecule has 70 valence electrons. The van der Waals surface area contributed by atoms with Gasteiger partial charge in [-0.05, 0) is 0 Å². The van der Waals surface area contributed by atoms with Gasteiger partial charge in [0.25, 0.3) is 0 Å². The van der Waals surface area contributed by atoms with Crippen LogP contribution in [0, 0.1) is 0 Å². The van der Waals surface area contributed by atoms with Crippen molar-refractivity contribution in [2.75, 3.05) is 0 Å². The summed E-state index contributed by atoms with van der Waals surface area (Å²) in [5.74, 6) is -1.41. The first-order valence-electron chi connectivity index (χ1n) is 3.41. The van der Waals surface area contributed by atoms with Gasteiger partial charge in [-0.25, -0.2) is 0 Å². The third-order valence-electron chi connectivity index (χ3n) is 1.49. The van der Waals surface area contributed by atoms with Crippen molar-refractivity contribution in [1.82, 2.24) is 4.98 Å². The van der Waals surface area contributed by atoms with E-state index in [1.54, 1.807) is 0 Å². The summed E-state index contributed by atoms with van der Waals surface area (Å²) in [5, 5.41) is 10.6. The molecule has 0 bridgehead atoms. The van der Waals surface area contributed by atoms with Crippen LogP contribution in [-0.2, 0) is 6.54 Å². The number of hydrogen-bond donors (Lipinski definition) is 1. The Hall–Kier alpha value is -0.840. The first-order valence-corrected chi connectivity index (χ1v) is 4.17. The fraction of sp³-hybridized carbons (Fsp3) is 0.143. The molecule has 0 spiro atoms. The largest absolute Gasteiger partial charge is 0.545 e. The van der Waals surface area contributed by atoms with Crippen LogP contribution in [0.2, 0.25) is 10.0 Å². The van der Waals surface area contributed by atoms with E-state index in [4.69, 9.17) is 23.2 Å². The van der Waals surface area contributed by atoms with Crippen molar-refractivity contribution >= 4 is 29.2 Å². The minimum Gasteiger partial charge on any atom is -0.545 e. The van der Waals surface area contributed by atoms with Crippen molar-refractivity contribution < 1.29 is 15.6 Å². The molecule has 0 saturated heterocycles. The van der Waals surface area contributed by atoms with Gasteiger partial charge in [0.2, 0.25) is 0 Å². The average molecular weight is 221 g/mol. The third-order valence-corrected chi connectivity index (χ3v) is 2.18. The normalized spacial score (nSPS) is 10.1. The zero-order chi connectivity index (χ0) is 10.0. The Bertz CT molecular complexity index is 355. The van der Waals surface area contributed by atoms with Crippen LogP contribution in [-0.4, -0.2) is 11.0 Å². The van der Waals surface area contributed by atoms with Crippen molar-refractivity contribution in [3.8, 4) is 0 Å². The summed E-state index contributed by atoms with van der Waals surface area (Å²) in [5.41, 5.74) is 3.71. The summed E-state index contributed by atoms with van der Waals surface area (Å²) in [6.07, 6.45) is 1.22. The molecule has 0 fully saturated rings. The van der Waals surface area contributed by atoms with Crippen molar-refractivity contribution in [3.63, 3.8) is 0 Å². The number of aromatic nitrogens is 1. The summed E-state index contributed by atoms with van der Waals surface area (Å²) >= 11 is 11.3. The van der Waals surface area contributed by atoms with Gasteiger partial charge in [-0.3, -0.25) is 4.98 Å². The lowest BCUT2D eigenvalue weighted by Crippen LogP contribution is -2.48. The van der Waals surface area contributed by atoms with Crippen LogP contribution in [0.4, 0.5) is 0 Å². The van der Waals surface area contributed by atoms with E-state index in [2.05, 4.69) is 10.7 Å². The molecule has 0 saturated carbocycles. The van der Waals surface area contributed by atoms with Crippen LogP contribution in [0.25, 0.3) is 0 Å². The molecule has 6 heteroatoms. The lowest BCUT2D eigenvalue weighted by Gasteiger charge is -2.08. The number of carboxylic acid groups (broad SMARTS) is 1. The number of pyridine rings is 1. The summed E-state index contributed by atoms with van der Waals surface area (Å²) in [6.45, 7) is 0.302. The van der Waals surface area contributed by atoms with Crippen LogP contribution in [0.3, 0.4) is 0 Å². The number of halogens is 2. The Morgan fingerprint density at radius 1 is 1.62 bits per heavy atom. The predicted octanol–water partition coefficient (Wildman–Crippen LogP) is -0.506. The molecule has 0 aliphatic rings. The van der Waals surface area contributed by atoms with Gasteiger partial charge in [0.05, 0.1) is 16.0 Å². The average Bonchev–Trinajstić information content (AvgIpc) is 2.04. The van der Waals surface area contributed by atoms with E-state index in [0.717, 1.165) is 0 Å². The molecule has 0 unspecified atom stereocenters. The Morgan fingerprint density at radius 3 is 2.69 bits per heavy atom. The topological polar surface area (TPSA) is 80.7 Å². The minimum atomic E-state index is -1.41. The second-order valence-corrected chi connectivity index (χ2v) is 3.06. The summed E-state index contributed by atoms with van der Waals surface area (Å²) in [6, 6.07) is 0. The second kappa shape index (κ2) is 3.91. The van der Waals surface area contributed by atoms with Crippen molar-refractivity contribution in [2.45, 2.75) is 6.54 Å². The Morgan fingerprint density at radius 2 is 2.23 bits per heavy atom. The molecule has 1 aromatic rings. The number of carbonyl (C=O) groups excluding carboxylic acids is 1. The third kappa shape index (κ3) is 1.91. The molecular formula is C7H6Cl2N2O2. The van der Waals surface area contributed by atoms with Crippen LogP contribution in [0.15, 0.2) is 6.20 Å². The maximum absolute atomic E-state index is 10.6. The lowest BCUT2D eigenvalue weighted by molar-refractivity contribution is -0.387. The van der Waals surface area contributed by atoms with Crippen molar-refractivity contribution in [2.24, 2.45) is 0 Å². The number of carboxylic acids is 1. The number of carbonyl (C=O) groups is 1. The fourth-order valence-corrected chi connectivity index (χ4v) is 1.46. The summed E-state index contributed by atoms with van der Waals surface area (Å²) in [7, 11) is 0. The van der Waals surface area contributed by atoms with Gasteiger partial charge in [0, 0.05) is 11.8 Å². The Kier molecular flexibility index (Phi) is 3.08. The molecular weight excluding hydrogens is 215 g/mol. The number of rotatable bonds is 2. The zero-order valence-corrected chi connectivity index (χ0v) is 8.02. The highest BCUT2D eigenvalue weighted by atomic mass is 35.5. The molecule has 4 nitrogen and oxygen atoms in total. The van der Waals surface area contributed by atoms with Gasteiger partial charge in [-0.15, -0.1) is 0 Å². The fourth-order valence-electron chi connectivity index (χ4n) is 0.866. The van der Waals surface area contributed by atoms with Crippen LogP contribution >= 0.6 is 23.2 Å². The van der Waals surface area contributed by atoms with Gasteiger partial charge in [-0.1, -0.05) is 23.2 Å². The molecule has 0 aromatic carbocycles. The summed E-state index contributed by atoms with van der Waals surface area (Å²) in [4.78, 5) is 14.4. The summed E-state index contributed by atoms with van der Waals surface area (Å²) < 4.78 is 0. The SMILES string of the molecule is [NH3+]Cc1ncc(Cl)c(C(=O)[O-])c1Cl. The minimum absolute atomic E-state index is 0.00231. The molecule has 13 heavy (non-hydrogen) atoms. The standard InChI is InChI=1S/C7H6Cl2N2O2/c8-3-2-11-4(1-10)6(9)5(3)7(12)13/h2H,1,10H2,(H,12,13). The van der Waals surface area contributed by atoms with E-state index in [1.165, 1.54) is 6.20 Å². The zero-order valence-electron chi connectivity index (χ0n) is 6.51. The molecule has 0 aliphatic carbocycles. The number of hydrogen-bond acceptors (Lipinski definition) is 3. The van der Waals surface area contributed by atoms with Gasteiger partial charge < -0.3 is 15.6 Å². The van der Waals surface area contributed by atoms with E-state index in [-0.39, 0.29) is 15.6 Å². The monoisotopic (exact) mass is 220 g/mol.